The number of hydrogen-bond acceptors (Lipinski definition) is 3. The van der Waals surface area contributed by atoms with Crippen LogP contribution in [0.4, 0.5) is 5.69 Å². The van der Waals surface area contributed by atoms with Gasteiger partial charge in [-0.15, -0.1) is 0 Å². The summed E-state index contributed by atoms with van der Waals surface area (Å²) in [6.45, 7) is 4.02. The molecule has 4 aromatic rings. The molecule has 0 radical (unpaired) electrons. The fourth-order valence-corrected chi connectivity index (χ4v) is 3.60. The van der Waals surface area contributed by atoms with Gasteiger partial charge in [-0.25, -0.2) is 0 Å². The normalized spacial score (nSPS) is 12.1. The third-order valence-electron chi connectivity index (χ3n) is 4.88. The van der Waals surface area contributed by atoms with Crippen molar-refractivity contribution in [1.82, 2.24) is 9.97 Å². The first-order valence-corrected chi connectivity index (χ1v) is 9.49. The first kappa shape index (κ1) is 18.3. The Morgan fingerprint density at radius 1 is 1.11 bits per heavy atom. The van der Waals surface area contributed by atoms with Crippen LogP contribution in [-0.2, 0) is 0 Å². The minimum Gasteiger partial charge on any atom is -0.378 e. The van der Waals surface area contributed by atoms with Gasteiger partial charge in [0.1, 0.15) is 0 Å². The van der Waals surface area contributed by atoms with Crippen molar-refractivity contribution in [2.24, 2.45) is 0 Å². The minimum atomic E-state index is -0.166. The standard InChI is InChI=1S/C23H20ClN3O/c1-14-13-25-9-8-20(14)16-4-3-5-19(11-16)26-15(2)21-12-17-10-18(24)6-7-22(17)27-23(21)28/h3-13,15,26H,1-2H3,(H,27,28). The molecule has 2 aromatic heterocycles. The maximum Gasteiger partial charge on any atom is 0.253 e. The van der Waals surface area contributed by atoms with Crippen molar-refractivity contribution in [3.05, 3.63) is 93.5 Å². The van der Waals surface area contributed by atoms with Gasteiger partial charge in [0.2, 0.25) is 0 Å². The number of aromatic nitrogens is 2. The lowest BCUT2D eigenvalue weighted by atomic mass is 10.0. The second-order valence-corrected chi connectivity index (χ2v) is 7.36. The van der Waals surface area contributed by atoms with Crippen LogP contribution in [0, 0.1) is 6.92 Å². The van der Waals surface area contributed by atoms with Crippen LogP contribution in [0.25, 0.3) is 22.0 Å². The van der Waals surface area contributed by atoms with E-state index in [0.717, 1.165) is 33.3 Å². The van der Waals surface area contributed by atoms with E-state index in [1.165, 1.54) is 0 Å². The summed E-state index contributed by atoms with van der Waals surface area (Å²) in [6.07, 6.45) is 3.66. The SMILES string of the molecule is Cc1cnccc1-c1cccc(NC(C)c2cc3cc(Cl)ccc3[nH]c2=O)c1. The van der Waals surface area contributed by atoms with E-state index in [2.05, 4.69) is 27.4 Å². The second-order valence-electron chi connectivity index (χ2n) is 6.92. The van der Waals surface area contributed by atoms with Crippen LogP contribution < -0.4 is 10.9 Å². The van der Waals surface area contributed by atoms with E-state index < -0.39 is 0 Å². The van der Waals surface area contributed by atoms with Gasteiger partial charge in [0.15, 0.2) is 0 Å². The Morgan fingerprint density at radius 3 is 2.79 bits per heavy atom. The molecule has 5 heteroatoms. The Morgan fingerprint density at radius 2 is 1.96 bits per heavy atom. The number of rotatable bonds is 4. The lowest BCUT2D eigenvalue weighted by Crippen LogP contribution is -2.19. The molecule has 2 N–H and O–H groups in total. The van der Waals surface area contributed by atoms with Gasteiger partial charge in [0.05, 0.1) is 6.04 Å². The molecule has 0 aliphatic rings. The fourth-order valence-electron chi connectivity index (χ4n) is 3.42. The van der Waals surface area contributed by atoms with Crippen molar-refractivity contribution in [2.45, 2.75) is 19.9 Å². The second kappa shape index (κ2) is 7.49. The van der Waals surface area contributed by atoms with Crippen molar-refractivity contribution in [2.75, 3.05) is 5.32 Å². The van der Waals surface area contributed by atoms with E-state index in [4.69, 9.17) is 11.6 Å². The lowest BCUT2D eigenvalue weighted by molar-refractivity contribution is 0.866. The largest absolute Gasteiger partial charge is 0.378 e. The van der Waals surface area contributed by atoms with Gasteiger partial charge in [-0.2, -0.15) is 0 Å². The predicted octanol–water partition coefficient (Wildman–Crippen LogP) is 5.73. The van der Waals surface area contributed by atoms with E-state index in [1.807, 2.05) is 56.4 Å². The lowest BCUT2D eigenvalue weighted by Gasteiger charge is -2.17. The fraction of sp³-hybridized carbons (Fsp3) is 0.130. The molecule has 28 heavy (non-hydrogen) atoms. The molecular formula is C23H20ClN3O. The molecule has 4 rings (SSSR count). The van der Waals surface area contributed by atoms with Gasteiger partial charge in [-0.1, -0.05) is 23.7 Å². The van der Waals surface area contributed by atoms with Crippen molar-refractivity contribution in [3.63, 3.8) is 0 Å². The maximum absolute atomic E-state index is 12.5. The number of aromatic amines is 1. The molecule has 1 unspecified atom stereocenters. The number of hydrogen-bond donors (Lipinski definition) is 2. The number of benzene rings is 2. The van der Waals surface area contributed by atoms with Gasteiger partial charge in [-0.3, -0.25) is 9.78 Å². The van der Waals surface area contributed by atoms with Gasteiger partial charge in [0, 0.05) is 39.6 Å². The third kappa shape index (κ3) is 3.64. The number of halogens is 1. The van der Waals surface area contributed by atoms with Crippen molar-refractivity contribution in [3.8, 4) is 11.1 Å². The highest BCUT2D eigenvalue weighted by atomic mass is 35.5. The average Bonchev–Trinajstić information content (AvgIpc) is 2.68. The molecule has 0 amide bonds. The van der Waals surface area contributed by atoms with E-state index in [9.17, 15) is 4.79 Å². The van der Waals surface area contributed by atoms with Crippen LogP contribution in [0.2, 0.25) is 5.02 Å². The van der Waals surface area contributed by atoms with Crippen LogP contribution in [-0.4, -0.2) is 9.97 Å². The van der Waals surface area contributed by atoms with E-state index >= 15 is 0 Å². The molecule has 0 saturated carbocycles. The Balaban J connectivity index is 1.66. The molecule has 0 spiro atoms. The predicted molar refractivity (Wildman–Crippen MR) is 116 cm³/mol. The zero-order valence-electron chi connectivity index (χ0n) is 15.7. The first-order chi connectivity index (χ1) is 13.5. The smallest absolute Gasteiger partial charge is 0.253 e. The summed E-state index contributed by atoms with van der Waals surface area (Å²) in [5.74, 6) is 0. The number of anilines is 1. The Labute approximate surface area is 168 Å². The maximum atomic E-state index is 12.5. The molecule has 1 atom stereocenters. The number of nitrogens with zero attached hydrogens (tertiary/aromatic N) is 1. The Bertz CT molecular complexity index is 1220. The summed E-state index contributed by atoms with van der Waals surface area (Å²) in [5, 5.41) is 5.00. The Kier molecular flexibility index (Phi) is 4.88. The zero-order valence-corrected chi connectivity index (χ0v) is 16.4. The van der Waals surface area contributed by atoms with Crippen molar-refractivity contribution < 1.29 is 0 Å². The first-order valence-electron chi connectivity index (χ1n) is 9.11. The molecule has 0 aliphatic carbocycles. The highest BCUT2D eigenvalue weighted by Crippen LogP contribution is 2.27. The third-order valence-corrected chi connectivity index (χ3v) is 5.11. The number of aryl methyl sites for hydroxylation is 1. The van der Waals surface area contributed by atoms with E-state index in [0.29, 0.717) is 10.6 Å². The summed E-state index contributed by atoms with van der Waals surface area (Å²) < 4.78 is 0. The molecule has 4 nitrogen and oxygen atoms in total. The van der Waals surface area contributed by atoms with Crippen LogP contribution in [0.3, 0.4) is 0 Å². The number of nitrogens with one attached hydrogen (secondary N) is 2. The molecule has 2 heterocycles. The van der Waals surface area contributed by atoms with Gasteiger partial charge in [-0.05, 0) is 73.0 Å². The monoisotopic (exact) mass is 389 g/mol. The van der Waals surface area contributed by atoms with Crippen molar-refractivity contribution >= 4 is 28.2 Å². The van der Waals surface area contributed by atoms with Gasteiger partial charge in [0.25, 0.3) is 5.56 Å². The molecule has 2 aromatic carbocycles. The molecule has 0 saturated heterocycles. The summed E-state index contributed by atoms with van der Waals surface area (Å²) in [5.41, 5.74) is 5.67. The quantitative estimate of drug-likeness (QED) is 0.469. The highest BCUT2D eigenvalue weighted by Gasteiger charge is 2.12. The van der Waals surface area contributed by atoms with Gasteiger partial charge < -0.3 is 10.3 Å². The number of H-pyrrole nitrogens is 1. The van der Waals surface area contributed by atoms with Gasteiger partial charge >= 0.3 is 0 Å². The number of fused-ring (bicyclic) bond motifs is 1. The van der Waals surface area contributed by atoms with Crippen LogP contribution in [0.1, 0.15) is 24.1 Å². The molecular weight excluding hydrogens is 370 g/mol. The van der Waals surface area contributed by atoms with E-state index in [1.54, 1.807) is 12.3 Å². The minimum absolute atomic E-state index is 0.101. The van der Waals surface area contributed by atoms with Crippen LogP contribution in [0.5, 0.6) is 0 Å². The molecule has 0 bridgehead atoms. The topological polar surface area (TPSA) is 57.8 Å². The summed E-state index contributed by atoms with van der Waals surface area (Å²) in [7, 11) is 0. The van der Waals surface area contributed by atoms with Crippen molar-refractivity contribution in [1.29, 1.82) is 0 Å². The molecule has 0 fully saturated rings. The highest BCUT2D eigenvalue weighted by molar-refractivity contribution is 6.31. The molecule has 140 valence electrons. The zero-order chi connectivity index (χ0) is 19.7. The average molecular weight is 390 g/mol. The summed E-state index contributed by atoms with van der Waals surface area (Å²) in [4.78, 5) is 19.6. The summed E-state index contributed by atoms with van der Waals surface area (Å²) >= 11 is 6.10. The Hall–Kier alpha value is -3.11. The van der Waals surface area contributed by atoms with Crippen LogP contribution >= 0.6 is 11.6 Å². The summed E-state index contributed by atoms with van der Waals surface area (Å²) in [6, 6.07) is 17.4. The molecule has 0 aliphatic heterocycles. The number of pyridine rings is 2. The van der Waals surface area contributed by atoms with E-state index in [-0.39, 0.29) is 11.6 Å². The van der Waals surface area contributed by atoms with Crippen LogP contribution in [0.15, 0.2) is 71.8 Å².